The molecule has 1 aromatic carbocycles. The molecule has 0 spiro atoms. The van der Waals surface area contributed by atoms with E-state index in [4.69, 9.17) is 5.73 Å². The summed E-state index contributed by atoms with van der Waals surface area (Å²) in [6.45, 7) is 6.72. The zero-order chi connectivity index (χ0) is 15.0. The predicted octanol–water partition coefficient (Wildman–Crippen LogP) is 3.58. The van der Waals surface area contributed by atoms with Crippen molar-refractivity contribution in [2.75, 3.05) is 6.54 Å². The van der Waals surface area contributed by atoms with Gasteiger partial charge in [-0.3, -0.25) is 0 Å². The minimum absolute atomic E-state index is 0.302. The lowest BCUT2D eigenvalue weighted by molar-refractivity contribution is -0.105. The maximum atomic E-state index is 13.5. The third-order valence-electron chi connectivity index (χ3n) is 5.37. The van der Waals surface area contributed by atoms with E-state index < -0.39 is 5.60 Å². The molecule has 1 aliphatic rings. The van der Waals surface area contributed by atoms with Crippen LogP contribution < -0.4 is 5.73 Å². The van der Waals surface area contributed by atoms with Crippen molar-refractivity contribution in [3.05, 3.63) is 35.6 Å². The average Bonchev–Trinajstić information content (AvgIpc) is 2.39. The molecule has 3 N–H and O–H groups in total. The van der Waals surface area contributed by atoms with Gasteiger partial charge in [0.05, 0.1) is 5.60 Å². The molecule has 3 heteroatoms. The highest BCUT2D eigenvalue weighted by Gasteiger charge is 2.50. The van der Waals surface area contributed by atoms with Crippen molar-refractivity contribution in [3.8, 4) is 0 Å². The summed E-state index contributed by atoms with van der Waals surface area (Å²) in [5.74, 6) is -0.314. The summed E-state index contributed by atoms with van der Waals surface area (Å²) < 4.78 is 13.5. The van der Waals surface area contributed by atoms with Gasteiger partial charge in [0.25, 0.3) is 0 Å². The van der Waals surface area contributed by atoms with Crippen LogP contribution in [-0.4, -0.2) is 11.7 Å². The molecule has 1 unspecified atom stereocenters. The Kier molecular flexibility index (Phi) is 3.96. The smallest absolute Gasteiger partial charge is 0.123 e. The van der Waals surface area contributed by atoms with Gasteiger partial charge >= 0.3 is 0 Å². The fraction of sp³-hybridized carbons (Fsp3) is 0.647. The topological polar surface area (TPSA) is 46.2 Å². The minimum atomic E-state index is -1.10. The highest BCUT2D eigenvalue weighted by molar-refractivity contribution is 5.26. The van der Waals surface area contributed by atoms with E-state index in [0.717, 1.165) is 25.7 Å². The van der Waals surface area contributed by atoms with Gasteiger partial charge in [-0.2, -0.15) is 0 Å². The van der Waals surface area contributed by atoms with Gasteiger partial charge in [-0.15, -0.1) is 0 Å². The number of rotatable bonds is 3. The first-order valence-corrected chi connectivity index (χ1v) is 7.41. The van der Waals surface area contributed by atoms with Gasteiger partial charge < -0.3 is 10.8 Å². The third-order valence-corrected chi connectivity index (χ3v) is 5.37. The summed E-state index contributed by atoms with van der Waals surface area (Å²) in [6, 6.07) is 6.27. The number of hydrogen-bond acceptors (Lipinski definition) is 2. The Balaban J connectivity index is 2.35. The van der Waals surface area contributed by atoms with Crippen LogP contribution in [0.4, 0.5) is 4.39 Å². The Morgan fingerprint density at radius 1 is 1.25 bits per heavy atom. The summed E-state index contributed by atoms with van der Waals surface area (Å²) in [6.07, 6.45) is 3.82. The molecule has 2 nitrogen and oxygen atoms in total. The van der Waals surface area contributed by atoms with E-state index in [1.807, 2.05) is 0 Å². The maximum Gasteiger partial charge on any atom is 0.123 e. The van der Waals surface area contributed by atoms with Crippen LogP contribution in [0.15, 0.2) is 24.3 Å². The molecule has 0 aliphatic heterocycles. The van der Waals surface area contributed by atoms with Crippen molar-refractivity contribution in [2.45, 2.75) is 52.1 Å². The van der Waals surface area contributed by atoms with Crippen LogP contribution in [0.2, 0.25) is 0 Å². The van der Waals surface area contributed by atoms with Crippen LogP contribution in [0, 0.1) is 16.6 Å². The lowest BCUT2D eigenvalue weighted by Gasteiger charge is -2.51. The van der Waals surface area contributed by atoms with Crippen molar-refractivity contribution in [1.82, 2.24) is 0 Å². The van der Waals surface area contributed by atoms with E-state index >= 15 is 0 Å². The van der Waals surface area contributed by atoms with Gasteiger partial charge in [-0.1, -0.05) is 26.0 Å². The largest absolute Gasteiger partial charge is 0.385 e. The van der Waals surface area contributed by atoms with Gasteiger partial charge in [0, 0.05) is 12.0 Å². The Labute approximate surface area is 121 Å². The molecule has 0 heterocycles. The molecule has 20 heavy (non-hydrogen) atoms. The molecule has 0 bridgehead atoms. The summed E-state index contributed by atoms with van der Waals surface area (Å²) in [5, 5.41) is 11.1. The monoisotopic (exact) mass is 279 g/mol. The molecule has 1 aromatic rings. The zero-order valence-electron chi connectivity index (χ0n) is 12.7. The van der Waals surface area contributed by atoms with Crippen molar-refractivity contribution in [1.29, 1.82) is 0 Å². The second-order valence-electron chi connectivity index (χ2n) is 7.23. The second kappa shape index (κ2) is 5.12. The van der Waals surface area contributed by atoms with E-state index in [-0.39, 0.29) is 11.2 Å². The maximum absolute atomic E-state index is 13.5. The van der Waals surface area contributed by atoms with Crippen LogP contribution in [-0.2, 0) is 5.60 Å². The molecule has 0 radical (unpaired) electrons. The van der Waals surface area contributed by atoms with Gasteiger partial charge in [0.1, 0.15) is 5.82 Å². The fourth-order valence-corrected chi connectivity index (χ4v) is 3.39. The highest BCUT2D eigenvalue weighted by atomic mass is 19.1. The van der Waals surface area contributed by atoms with Crippen molar-refractivity contribution >= 4 is 0 Å². The minimum Gasteiger partial charge on any atom is -0.385 e. The van der Waals surface area contributed by atoms with Crippen LogP contribution in [0.1, 0.15) is 52.0 Å². The van der Waals surface area contributed by atoms with Gasteiger partial charge in [0.15, 0.2) is 0 Å². The lowest BCUT2D eigenvalue weighted by atomic mass is 9.57. The molecule has 1 aliphatic carbocycles. The Morgan fingerprint density at radius 3 is 2.35 bits per heavy atom. The first-order chi connectivity index (χ1) is 9.22. The number of halogens is 1. The lowest BCUT2D eigenvalue weighted by Crippen LogP contribution is -2.51. The molecule has 1 saturated carbocycles. The van der Waals surface area contributed by atoms with E-state index in [2.05, 4.69) is 13.8 Å². The van der Waals surface area contributed by atoms with Crippen molar-refractivity contribution in [3.63, 3.8) is 0 Å². The van der Waals surface area contributed by atoms with Crippen LogP contribution >= 0.6 is 0 Å². The molecule has 1 atom stereocenters. The number of aliphatic hydroxyl groups is 1. The van der Waals surface area contributed by atoms with E-state index in [9.17, 15) is 9.50 Å². The first-order valence-electron chi connectivity index (χ1n) is 7.41. The molecule has 1 fully saturated rings. The molecule has 0 amide bonds. The summed E-state index contributed by atoms with van der Waals surface area (Å²) >= 11 is 0. The molecule has 2 rings (SSSR count). The normalized spacial score (nSPS) is 24.1. The summed E-state index contributed by atoms with van der Waals surface area (Å²) in [4.78, 5) is 0. The number of benzene rings is 1. The molecular formula is C17H26FNO. The molecular weight excluding hydrogens is 253 g/mol. The number of hydrogen-bond donors (Lipinski definition) is 2. The van der Waals surface area contributed by atoms with E-state index in [1.165, 1.54) is 12.1 Å². The Hall–Kier alpha value is -0.930. The van der Waals surface area contributed by atoms with Crippen LogP contribution in [0.25, 0.3) is 0 Å². The predicted molar refractivity (Wildman–Crippen MR) is 79.7 cm³/mol. The summed E-state index contributed by atoms with van der Waals surface area (Å²) in [5.41, 5.74) is 5.50. The molecule has 0 aromatic heterocycles. The zero-order valence-corrected chi connectivity index (χ0v) is 12.7. The summed E-state index contributed by atoms with van der Waals surface area (Å²) in [7, 11) is 0. The first kappa shape index (κ1) is 15.5. The van der Waals surface area contributed by atoms with Crippen molar-refractivity contribution < 1.29 is 9.50 Å². The standard InChI is InChI=1S/C17H26FNO/c1-15(2)7-9-17(12-19,10-8-15)16(3,20)13-5-4-6-14(18)11-13/h4-6,11,20H,7-10,12,19H2,1-3H3. The van der Waals surface area contributed by atoms with Gasteiger partial charge in [-0.05, 0) is 55.7 Å². The van der Waals surface area contributed by atoms with E-state index in [1.54, 1.807) is 19.1 Å². The van der Waals surface area contributed by atoms with Crippen LogP contribution in [0.5, 0.6) is 0 Å². The van der Waals surface area contributed by atoms with E-state index in [0.29, 0.717) is 17.5 Å². The number of nitrogens with two attached hydrogens (primary N) is 1. The Morgan fingerprint density at radius 2 is 1.85 bits per heavy atom. The highest BCUT2D eigenvalue weighted by Crippen LogP contribution is 2.53. The second-order valence-corrected chi connectivity index (χ2v) is 7.23. The van der Waals surface area contributed by atoms with Gasteiger partial charge in [0.2, 0.25) is 0 Å². The third kappa shape index (κ3) is 2.61. The SMILES string of the molecule is CC1(C)CCC(CN)(C(C)(O)c2cccc(F)c2)CC1. The fourth-order valence-electron chi connectivity index (χ4n) is 3.39. The average molecular weight is 279 g/mol. The Bertz CT molecular complexity index is 472. The molecule has 0 saturated heterocycles. The van der Waals surface area contributed by atoms with Crippen LogP contribution in [0.3, 0.4) is 0 Å². The quantitative estimate of drug-likeness (QED) is 0.888. The van der Waals surface area contributed by atoms with Gasteiger partial charge in [-0.25, -0.2) is 4.39 Å². The molecule has 112 valence electrons. The van der Waals surface area contributed by atoms with Crippen molar-refractivity contribution in [2.24, 2.45) is 16.6 Å².